The van der Waals surface area contributed by atoms with E-state index in [1.807, 2.05) is 6.92 Å². The van der Waals surface area contributed by atoms with Gasteiger partial charge in [-0.05, 0) is 56.3 Å². The van der Waals surface area contributed by atoms with Gasteiger partial charge in [0.05, 0.1) is 20.8 Å². The highest BCUT2D eigenvalue weighted by molar-refractivity contribution is 5.96. The third-order valence-corrected chi connectivity index (χ3v) is 3.93. The second-order valence-corrected chi connectivity index (χ2v) is 5.97. The molecule has 0 aliphatic carbocycles. The second-order valence-electron chi connectivity index (χ2n) is 5.97. The van der Waals surface area contributed by atoms with E-state index in [0.29, 0.717) is 35.1 Å². The molecule has 7 nitrogen and oxygen atoms in total. The Balaban J connectivity index is 1.92. The molecule has 2 aromatic carbocycles. The molecule has 0 saturated carbocycles. The zero-order valence-corrected chi connectivity index (χ0v) is 16.9. The highest BCUT2D eigenvalue weighted by Crippen LogP contribution is 2.25. The van der Waals surface area contributed by atoms with Gasteiger partial charge in [0.15, 0.2) is 6.10 Å². The molecule has 2 rings (SSSR count). The fraction of sp³-hybridized carbons (Fsp3) is 0.273. The number of amides is 1. The number of anilines is 1. The maximum absolute atomic E-state index is 12.2. The van der Waals surface area contributed by atoms with Crippen molar-refractivity contribution in [3.8, 4) is 17.2 Å². The number of benzene rings is 2. The Labute approximate surface area is 170 Å². The molecule has 0 heterocycles. The van der Waals surface area contributed by atoms with E-state index < -0.39 is 18.0 Å². The predicted octanol–water partition coefficient (Wildman–Crippen LogP) is 3.69. The molecule has 0 spiro atoms. The second kappa shape index (κ2) is 10.8. The zero-order chi connectivity index (χ0) is 21.2. The molecule has 154 valence electrons. The van der Waals surface area contributed by atoms with Crippen LogP contribution in [0.4, 0.5) is 5.69 Å². The highest BCUT2D eigenvalue weighted by atomic mass is 16.5. The van der Waals surface area contributed by atoms with Crippen LogP contribution >= 0.6 is 0 Å². The SMILES string of the molecule is CCOc1ccc(NC(=O)[C@@H](C)OC(=O)/C=C/c2ccc(OC)cc2OC)cc1. The molecule has 0 aromatic heterocycles. The summed E-state index contributed by atoms with van der Waals surface area (Å²) in [6.45, 7) is 3.96. The van der Waals surface area contributed by atoms with E-state index in [9.17, 15) is 9.59 Å². The molecule has 0 aliphatic heterocycles. The molecule has 1 amide bonds. The van der Waals surface area contributed by atoms with Crippen LogP contribution < -0.4 is 19.5 Å². The minimum absolute atomic E-state index is 0.432. The first-order valence-corrected chi connectivity index (χ1v) is 9.11. The van der Waals surface area contributed by atoms with Crippen molar-refractivity contribution in [1.82, 2.24) is 0 Å². The molecule has 0 fully saturated rings. The Morgan fingerprint density at radius 1 is 1.03 bits per heavy atom. The summed E-state index contributed by atoms with van der Waals surface area (Å²) < 4.78 is 20.9. The average molecular weight is 399 g/mol. The molecule has 7 heteroatoms. The molecule has 0 radical (unpaired) electrons. The smallest absolute Gasteiger partial charge is 0.331 e. The van der Waals surface area contributed by atoms with Gasteiger partial charge in [0.25, 0.3) is 5.91 Å². The van der Waals surface area contributed by atoms with Crippen LogP contribution in [0.2, 0.25) is 0 Å². The van der Waals surface area contributed by atoms with Crippen LogP contribution in [0.25, 0.3) is 6.08 Å². The van der Waals surface area contributed by atoms with Crippen molar-refractivity contribution in [2.75, 3.05) is 26.1 Å². The summed E-state index contributed by atoms with van der Waals surface area (Å²) >= 11 is 0. The summed E-state index contributed by atoms with van der Waals surface area (Å²) in [4.78, 5) is 24.3. The number of esters is 1. The van der Waals surface area contributed by atoms with Gasteiger partial charge in [-0.1, -0.05) is 0 Å². The lowest BCUT2D eigenvalue weighted by molar-refractivity contribution is -0.148. The monoisotopic (exact) mass is 399 g/mol. The van der Waals surface area contributed by atoms with Crippen molar-refractivity contribution in [1.29, 1.82) is 0 Å². The predicted molar refractivity (Wildman–Crippen MR) is 110 cm³/mol. The Hall–Kier alpha value is -3.48. The van der Waals surface area contributed by atoms with Crippen LogP contribution in [0, 0.1) is 0 Å². The number of hydrogen-bond donors (Lipinski definition) is 1. The van der Waals surface area contributed by atoms with Gasteiger partial charge in [0, 0.05) is 23.4 Å². The van der Waals surface area contributed by atoms with Crippen LogP contribution in [0.15, 0.2) is 48.5 Å². The largest absolute Gasteiger partial charge is 0.497 e. The van der Waals surface area contributed by atoms with E-state index in [4.69, 9.17) is 18.9 Å². The van der Waals surface area contributed by atoms with Gasteiger partial charge in [-0.25, -0.2) is 4.79 Å². The van der Waals surface area contributed by atoms with Crippen LogP contribution in [-0.2, 0) is 14.3 Å². The van der Waals surface area contributed by atoms with Crippen molar-refractivity contribution in [3.63, 3.8) is 0 Å². The Bertz CT molecular complexity index is 860. The first kappa shape index (κ1) is 21.8. The normalized spacial score (nSPS) is 11.6. The third kappa shape index (κ3) is 6.57. The van der Waals surface area contributed by atoms with Crippen LogP contribution in [0.5, 0.6) is 17.2 Å². The summed E-state index contributed by atoms with van der Waals surface area (Å²) in [6.07, 6.45) is 1.83. The maximum Gasteiger partial charge on any atom is 0.331 e. The van der Waals surface area contributed by atoms with Gasteiger partial charge >= 0.3 is 5.97 Å². The van der Waals surface area contributed by atoms with E-state index in [1.165, 1.54) is 20.1 Å². The molecular weight excluding hydrogens is 374 g/mol. The van der Waals surface area contributed by atoms with Gasteiger partial charge in [0.2, 0.25) is 0 Å². The number of ether oxygens (including phenoxy) is 4. The molecule has 29 heavy (non-hydrogen) atoms. The van der Waals surface area contributed by atoms with E-state index in [0.717, 1.165) is 0 Å². The van der Waals surface area contributed by atoms with Gasteiger partial charge in [-0.2, -0.15) is 0 Å². The van der Waals surface area contributed by atoms with Crippen LogP contribution in [0.1, 0.15) is 19.4 Å². The first-order valence-electron chi connectivity index (χ1n) is 9.11. The first-order chi connectivity index (χ1) is 14.0. The van der Waals surface area contributed by atoms with Crippen molar-refractivity contribution in [3.05, 3.63) is 54.1 Å². The Kier molecular flexibility index (Phi) is 8.09. The minimum Gasteiger partial charge on any atom is -0.497 e. The van der Waals surface area contributed by atoms with E-state index in [2.05, 4.69) is 5.32 Å². The quantitative estimate of drug-likeness (QED) is 0.512. The topological polar surface area (TPSA) is 83.1 Å². The Morgan fingerprint density at radius 2 is 1.72 bits per heavy atom. The van der Waals surface area contributed by atoms with Crippen LogP contribution in [0.3, 0.4) is 0 Å². The lowest BCUT2D eigenvalue weighted by Crippen LogP contribution is -2.29. The Morgan fingerprint density at radius 3 is 2.34 bits per heavy atom. The number of nitrogens with one attached hydrogen (secondary N) is 1. The van der Waals surface area contributed by atoms with Gasteiger partial charge in [0.1, 0.15) is 17.2 Å². The molecule has 2 aromatic rings. The summed E-state index contributed by atoms with van der Waals surface area (Å²) in [6, 6.07) is 12.1. The number of hydrogen-bond acceptors (Lipinski definition) is 6. The lowest BCUT2D eigenvalue weighted by Gasteiger charge is -2.13. The third-order valence-electron chi connectivity index (χ3n) is 3.93. The van der Waals surface area contributed by atoms with Crippen LogP contribution in [-0.4, -0.2) is 38.8 Å². The molecule has 0 unspecified atom stereocenters. The highest BCUT2D eigenvalue weighted by Gasteiger charge is 2.17. The summed E-state index contributed by atoms with van der Waals surface area (Å²) in [5.41, 5.74) is 1.26. The van der Waals surface area contributed by atoms with E-state index >= 15 is 0 Å². The zero-order valence-electron chi connectivity index (χ0n) is 16.9. The van der Waals surface area contributed by atoms with Gasteiger partial charge in [-0.15, -0.1) is 0 Å². The van der Waals surface area contributed by atoms with Crippen molar-refractivity contribution < 1.29 is 28.5 Å². The number of methoxy groups -OCH3 is 2. The summed E-state index contributed by atoms with van der Waals surface area (Å²) in [7, 11) is 3.08. The maximum atomic E-state index is 12.2. The van der Waals surface area contributed by atoms with Gasteiger partial charge in [-0.3, -0.25) is 4.79 Å². The van der Waals surface area contributed by atoms with Crippen molar-refractivity contribution in [2.24, 2.45) is 0 Å². The van der Waals surface area contributed by atoms with Crippen molar-refractivity contribution >= 4 is 23.6 Å². The molecule has 0 saturated heterocycles. The molecule has 0 aliphatic rings. The summed E-state index contributed by atoms with van der Waals surface area (Å²) in [5, 5.41) is 2.69. The molecule has 1 N–H and O–H groups in total. The fourth-order valence-electron chi connectivity index (χ4n) is 2.43. The van der Waals surface area contributed by atoms with Crippen molar-refractivity contribution in [2.45, 2.75) is 20.0 Å². The molecule has 0 bridgehead atoms. The minimum atomic E-state index is -0.962. The average Bonchev–Trinajstić information content (AvgIpc) is 2.73. The standard InChI is InChI=1S/C22H25NO6/c1-5-28-18-11-8-17(9-12-18)23-22(25)15(2)29-21(24)13-7-16-6-10-19(26-3)14-20(16)27-4/h6-15H,5H2,1-4H3,(H,23,25)/b13-7+/t15-/m1/s1. The lowest BCUT2D eigenvalue weighted by atomic mass is 10.1. The number of carbonyl (C=O) groups is 2. The fourth-order valence-corrected chi connectivity index (χ4v) is 2.43. The molecular formula is C22H25NO6. The number of carbonyl (C=O) groups excluding carboxylic acids is 2. The summed E-state index contributed by atoms with van der Waals surface area (Å²) in [5.74, 6) is 0.829. The van der Waals surface area contributed by atoms with E-state index in [-0.39, 0.29) is 0 Å². The van der Waals surface area contributed by atoms with E-state index in [1.54, 1.807) is 55.7 Å². The van der Waals surface area contributed by atoms with Gasteiger partial charge < -0.3 is 24.3 Å². The number of rotatable bonds is 9. The molecule has 1 atom stereocenters.